The van der Waals surface area contributed by atoms with Gasteiger partial charge in [-0.05, 0) is 49.9 Å². The van der Waals surface area contributed by atoms with Crippen molar-refractivity contribution in [2.24, 2.45) is 11.8 Å². The van der Waals surface area contributed by atoms with Gasteiger partial charge in [0.2, 0.25) is 32.4 Å². The number of benzene rings is 1. The topological polar surface area (TPSA) is 95.1 Å². The quantitative estimate of drug-likeness (QED) is 0.524. The lowest BCUT2D eigenvalue weighted by Gasteiger charge is -2.37. The molecule has 1 atom stereocenters. The standard InChI is InChI=1S/C22H33F2N3O5S2/c1-3-26(4-2)33(29,30)19-7-9-20(10-8-19)34(31,32)27-13-5-6-18(16-27)22(28)25-14-11-17(12-15-25)21(23)24/h7-10,17-18,21H,3-6,11-16H2,1-2H3/t18-/m1/s1. The average molecular weight is 522 g/mol. The molecule has 2 heterocycles. The van der Waals surface area contributed by atoms with Crippen LogP contribution in [0.15, 0.2) is 34.1 Å². The molecule has 8 nitrogen and oxygen atoms in total. The van der Waals surface area contributed by atoms with Crippen molar-refractivity contribution in [3.63, 3.8) is 0 Å². The van der Waals surface area contributed by atoms with E-state index in [4.69, 9.17) is 0 Å². The van der Waals surface area contributed by atoms with Gasteiger partial charge in [-0.15, -0.1) is 0 Å². The molecule has 12 heteroatoms. The number of alkyl halides is 2. The van der Waals surface area contributed by atoms with Gasteiger partial charge in [-0.2, -0.15) is 8.61 Å². The monoisotopic (exact) mass is 521 g/mol. The summed E-state index contributed by atoms with van der Waals surface area (Å²) in [7, 11) is -7.62. The van der Waals surface area contributed by atoms with Crippen LogP contribution in [0, 0.1) is 11.8 Å². The number of rotatable bonds is 8. The number of piperidine rings is 2. The van der Waals surface area contributed by atoms with Crippen LogP contribution >= 0.6 is 0 Å². The number of carbonyl (C=O) groups excluding carboxylic acids is 1. The van der Waals surface area contributed by atoms with Crippen LogP contribution in [0.1, 0.15) is 39.5 Å². The number of amides is 1. The molecule has 0 spiro atoms. The van der Waals surface area contributed by atoms with Crippen LogP contribution in [0.4, 0.5) is 8.78 Å². The SMILES string of the molecule is CCN(CC)S(=O)(=O)c1ccc(S(=O)(=O)N2CCC[C@@H](C(=O)N3CCC(C(F)F)CC3)C2)cc1. The fourth-order valence-corrected chi connectivity index (χ4v) is 7.62. The number of carbonyl (C=O) groups is 1. The Bertz CT molecular complexity index is 1050. The number of sulfonamides is 2. The molecule has 0 aliphatic carbocycles. The summed E-state index contributed by atoms with van der Waals surface area (Å²) in [6.07, 6.45) is -0.832. The second-order valence-electron chi connectivity index (χ2n) is 8.76. The Hall–Kier alpha value is -1.63. The lowest BCUT2D eigenvalue weighted by molar-refractivity contribution is -0.139. The minimum Gasteiger partial charge on any atom is -0.342 e. The molecule has 2 fully saturated rings. The zero-order valence-electron chi connectivity index (χ0n) is 19.6. The van der Waals surface area contributed by atoms with Gasteiger partial charge < -0.3 is 4.90 Å². The summed E-state index contributed by atoms with van der Waals surface area (Å²) in [5, 5.41) is 0. The lowest BCUT2D eigenvalue weighted by Crippen LogP contribution is -2.48. The number of likely N-dealkylation sites (tertiary alicyclic amines) is 1. The highest BCUT2D eigenvalue weighted by Crippen LogP contribution is 2.29. The molecule has 0 saturated carbocycles. The Kier molecular flexibility index (Phi) is 8.70. The van der Waals surface area contributed by atoms with Crippen LogP contribution in [0.2, 0.25) is 0 Å². The number of halogens is 2. The van der Waals surface area contributed by atoms with E-state index in [0.717, 1.165) is 0 Å². The predicted molar refractivity (Wildman–Crippen MR) is 123 cm³/mol. The van der Waals surface area contributed by atoms with Gasteiger partial charge in [-0.1, -0.05) is 13.8 Å². The molecule has 2 saturated heterocycles. The third kappa shape index (κ3) is 5.60. The van der Waals surface area contributed by atoms with E-state index in [1.54, 1.807) is 18.7 Å². The fourth-order valence-electron chi connectivity index (χ4n) is 4.64. The number of hydrogen-bond acceptors (Lipinski definition) is 5. The Morgan fingerprint density at radius 1 is 0.971 bits per heavy atom. The first-order chi connectivity index (χ1) is 16.0. The molecule has 34 heavy (non-hydrogen) atoms. The number of nitrogens with zero attached hydrogens (tertiary/aromatic N) is 3. The highest BCUT2D eigenvalue weighted by molar-refractivity contribution is 7.89. The molecule has 2 aliphatic heterocycles. The zero-order valence-corrected chi connectivity index (χ0v) is 21.2. The second kappa shape index (κ2) is 11.0. The zero-order chi connectivity index (χ0) is 25.1. The number of hydrogen-bond donors (Lipinski definition) is 0. The molecule has 0 bridgehead atoms. The minimum absolute atomic E-state index is 0.0223. The summed E-state index contributed by atoms with van der Waals surface area (Å²) in [5.41, 5.74) is 0. The molecule has 0 unspecified atom stereocenters. The molecular formula is C22H33F2N3O5S2. The van der Waals surface area contributed by atoms with E-state index >= 15 is 0 Å². The van der Waals surface area contributed by atoms with E-state index in [0.29, 0.717) is 25.9 Å². The largest absolute Gasteiger partial charge is 0.342 e. The van der Waals surface area contributed by atoms with Gasteiger partial charge in [0.15, 0.2) is 0 Å². The van der Waals surface area contributed by atoms with Gasteiger partial charge in [0.05, 0.1) is 15.7 Å². The van der Waals surface area contributed by atoms with Crippen molar-refractivity contribution in [3.8, 4) is 0 Å². The Labute approximate surface area is 201 Å². The first kappa shape index (κ1) is 27.0. The first-order valence-electron chi connectivity index (χ1n) is 11.7. The van der Waals surface area contributed by atoms with Crippen molar-refractivity contribution in [3.05, 3.63) is 24.3 Å². The van der Waals surface area contributed by atoms with E-state index in [1.165, 1.54) is 32.9 Å². The van der Waals surface area contributed by atoms with E-state index in [9.17, 15) is 30.4 Å². The maximum Gasteiger partial charge on any atom is 0.243 e. The van der Waals surface area contributed by atoms with Crippen LogP contribution in [-0.2, 0) is 24.8 Å². The molecule has 1 aromatic carbocycles. The summed E-state index contributed by atoms with van der Waals surface area (Å²) in [6, 6.07) is 5.15. The van der Waals surface area contributed by atoms with Gasteiger partial charge in [-0.25, -0.2) is 25.6 Å². The molecule has 3 rings (SSSR count). The molecule has 0 radical (unpaired) electrons. The normalized spacial score (nSPS) is 21.4. The van der Waals surface area contributed by atoms with Gasteiger partial charge in [0, 0.05) is 45.2 Å². The Morgan fingerprint density at radius 3 is 2.06 bits per heavy atom. The van der Waals surface area contributed by atoms with Crippen LogP contribution in [-0.4, -0.2) is 81.9 Å². The van der Waals surface area contributed by atoms with E-state index in [2.05, 4.69) is 0 Å². The summed E-state index contributed by atoms with van der Waals surface area (Å²) in [5.74, 6) is -1.40. The molecule has 2 aliphatic rings. The minimum atomic E-state index is -3.92. The third-order valence-electron chi connectivity index (χ3n) is 6.75. The highest BCUT2D eigenvalue weighted by Gasteiger charge is 2.37. The summed E-state index contributed by atoms with van der Waals surface area (Å²) < 4.78 is 80.1. The first-order valence-corrected chi connectivity index (χ1v) is 14.6. The van der Waals surface area contributed by atoms with Crippen molar-refractivity contribution < 1.29 is 30.4 Å². The van der Waals surface area contributed by atoms with Crippen LogP contribution in [0.3, 0.4) is 0 Å². The average Bonchev–Trinajstić information content (AvgIpc) is 2.84. The van der Waals surface area contributed by atoms with Gasteiger partial charge in [0.25, 0.3) is 0 Å². The molecule has 1 amide bonds. The van der Waals surface area contributed by atoms with Crippen LogP contribution in [0.25, 0.3) is 0 Å². The lowest BCUT2D eigenvalue weighted by atomic mass is 9.93. The smallest absolute Gasteiger partial charge is 0.243 e. The van der Waals surface area contributed by atoms with Gasteiger partial charge in [-0.3, -0.25) is 4.79 Å². The summed E-state index contributed by atoms with van der Waals surface area (Å²) in [4.78, 5) is 14.5. The maximum atomic E-state index is 13.2. The summed E-state index contributed by atoms with van der Waals surface area (Å²) >= 11 is 0. The molecule has 0 N–H and O–H groups in total. The predicted octanol–water partition coefficient (Wildman–Crippen LogP) is 2.62. The Balaban J connectivity index is 1.70. The highest BCUT2D eigenvalue weighted by atomic mass is 32.2. The second-order valence-corrected chi connectivity index (χ2v) is 12.6. The van der Waals surface area contributed by atoms with Gasteiger partial charge in [0.1, 0.15) is 0 Å². The fraction of sp³-hybridized carbons (Fsp3) is 0.682. The molecule has 192 valence electrons. The molecule has 1 aromatic rings. The van der Waals surface area contributed by atoms with E-state index < -0.39 is 38.3 Å². The van der Waals surface area contributed by atoms with Crippen molar-refractivity contribution in [2.75, 3.05) is 39.3 Å². The third-order valence-corrected chi connectivity index (χ3v) is 10.7. The molecule has 0 aromatic heterocycles. The van der Waals surface area contributed by atoms with Crippen molar-refractivity contribution in [1.82, 2.24) is 13.5 Å². The van der Waals surface area contributed by atoms with E-state index in [1.807, 2.05) is 0 Å². The van der Waals surface area contributed by atoms with Crippen molar-refractivity contribution >= 4 is 26.0 Å². The molecular weight excluding hydrogens is 488 g/mol. The Morgan fingerprint density at radius 2 is 1.53 bits per heavy atom. The van der Waals surface area contributed by atoms with Crippen molar-refractivity contribution in [2.45, 2.75) is 55.7 Å². The van der Waals surface area contributed by atoms with E-state index in [-0.39, 0.29) is 54.7 Å². The van der Waals surface area contributed by atoms with Gasteiger partial charge >= 0.3 is 0 Å². The summed E-state index contributed by atoms with van der Waals surface area (Å²) in [6.45, 7) is 4.89. The van der Waals surface area contributed by atoms with Crippen LogP contribution in [0.5, 0.6) is 0 Å². The van der Waals surface area contributed by atoms with Crippen LogP contribution < -0.4 is 0 Å². The van der Waals surface area contributed by atoms with Crippen molar-refractivity contribution in [1.29, 1.82) is 0 Å². The maximum absolute atomic E-state index is 13.2.